The second-order valence-electron chi connectivity index (χ2n) is 2.65. The van der Waals surface area contributed by atoms with Crippen molar-refractivity contribution in [1.82, 2.24) is 4.31 Å². The number of carbonyl (C=O) groups excluding carboxylic acids is 1. The Hall–Kier alpha value is -1.76. The molecule has 15 heavy (non-hydrogen) atoms. The van der Waals surface area contributed by atoms with E-state index in [0.29, 0.717) is 4.90 Å². The van der Waals surface area contributed by atoms with E-state index in [1.165, 1.54) is 13.1 Å². The van der Waals surface area contributed by atoms with Crippen LogP contribution in [0.4, 0.5) is 10.5 Å². The molecule has 1 aromatic carbocycles. The number of nitro benzene ring substituents is 1. The molecule has 0 unspecified atom stereocenters. The molecule has 0 saturated heterocycles. The standard InChI is InChI=1S/C8H9N3O3S/c1-10(8(9)12)15-7-5-3-2-4-6(7)11(13)14/h2-5H,1H3,(H2,9,12). The highest BCUT2D eigenvalue weighted by Gasteiger charge is 2.16. The summed E-state index contributed by atoms with van der Waals surface area (Å²) in [6, 6.07) is 5.49. The molecule has 2 N–H and O–H groups in total. The number of primary amides is 1. The predicted octanol–water partition coefficient (Wildman–Crippen LogP) is 1.61. The Bertz CT molecular complexity index is 396. The average molecular weight is 227 g/mol. The van der Waals surface area contributed by atoms with E-state index in [2.05, 4.69) is 0 Å². The number of para-hydroxylation sites is 1. The number of amides is 2. The molecule has 1 aromatic rings. The Morgan fingerprint density at radius 1 is 1.53 bits per heavy atom. The number of urea groups is 1. The lowest BCUT2D eigenvalue weighted by Crippen LogP contribution is -2.25. The number of hydrogen-bond acceptors (Lipinski definition) is 4. The molecule has 0 heterocycles. The van der Waals surface area contributed by atoms with Gasteiger partial charge in [-0.1, -0.05) is 12.1 Å². The van der Waals surface area contributed by atoms with Crippen LogP contribution >= 0.6 is 11.9 Å². The van der Waals surface area contributed by atoms with Gasteiger partial charge in [0.1, 0.15) is 4.90 Å². The second-order valence-corrected chi connectivity index (χ2v) is 3.82. The molecule has 0 aliphatic heterocycles. The molecule has 80 valence electrons. The van der Waals surface area contributed by atoms with Crippen molar-refractivity contribution in [3.8, 4) is 0 Å². The first-order chi connectivity index (χ1) is 7.02. The SMILES string of the molecule is CN(Sc1ccccc1[N+](=O)[O-])C(N)=O. The third kappa shape index (κ3) is 2.84. The van der Waals surface area contributed by atoms with Gasteiger partial charge < -0.3 is 5.73 Å². The molecule has 0 atom stereocenters. The number of nitrogens with zero attached hydrogens (tertiary/aromatic N) is 2. The average Bonchev–Trinajstić information content (AvgIpc) is 2.18. The first kappa shape index (κ1) is 11.3. The zero-order valence-corrected chi connectivity index (χ0v) is 8.73. The molecule has 2 amide bonds. The Morgan fingerprint density at radius 2 is 2.13 bits per heavy atom. The van der Waals surface area contributed by atoms with Crippen LogP contribution in [0.25, 0.3) is 0 Å². The van der Waals surface area contributed by atoms with Gasteiger partial charge >= 0.3 is 6.03 Å². The predicted molar refractivity (Wildman–Crippen MR) is 56.3 cm³/mol. The van der Waals surface area contributed by atoms with Crippen molar-refractivity contribution in [1.29, 1.82) is 0 Å². The van der Waals surface area contributed by atoms with Gasteiger partial charge in [0, 0.05) is 13.1 Å². The molecule has 0 aliphatic rings. The monoisotopic (exact) mass is 227 g/mol. The van der Waals surface area contributed by atoms with E-state index >= 15 is 0 Å². The molecule has 0 fully saturated rings. The summed E-state index contributed by atoms with van der Waals surface area (Å²) < 4.78 is 1.13. The quantitative estimate of drug-likeness (QED) is 0.482. The van der Waals surface area contributed by atoms with Crippen molar-refractivity contribution < 1.29 is 9.72 Å². The number of benzene rings is 1. The van der Waals surface area contributed by atoms with E-state index < -0.39 is 11.0 Å². The zero-order chi connectivity index (χ0) is 11.4. The highest BCUT2D eigenvalue weighted by atomic mass is 32.2. The third-order valence-corrected chi connectivity index (χ3v) is 2.60. The molecule has 0 aliphatic carbocycles. The first-order valence-corrected chi connectivity index (χ1v) is 4.74. The number of nitrogens with two attached hydrogens (primary N) is 1. The van der Waals surface area contributed by atoms with Crippen molar-refractivity contribution >= 4 is 23.7 Å². The molecule has 0 aromatic heterocycles. The number of hydrogen-bond donors (Lipinski definition) is 1. The van der Waals surface area contributed by atoms with Crippen molar-refractivity contribution in [2.45, 2.75) is 4.90 Å². The molecule has 7 heteroatoms. The van der Waals surface area contributed by atoms with Crippen LogP contribution in [0.2, 0.25) is 0 Å². The van der Waals surface area contributed by atoms with Gasteiger partial charge in [-0.3, -0.25) is 14.4 Å². The van der Waals surface area contributed by atoms with E-state index in [1.807, 2.05) is 0 Å². The van der Waals surface area contributed by atoms with Crippen LogP contribution < -0.4 is 5.73 Å². The zero-order valence-electron chi connectivity index (χ0n) is 7.91. The van der Waals surface area contributed by atoms with Gasteiger partial charge in [0.05, 0.1) is 4.92 Å². The van der Waals surface area contributed by atoms with Crippen molar-refractivity contribution in [2.24, 2.45) is 5.73 Å². The normalized spacial score (nSPS) is 9.67. The number of nitro groups is 1. The van der Waals surface area contributed by atoms with Gasteiger partial charge in [-0.05, 0) is 18.0 Å². The minimum absolute atomic E-state index is 0.0457. The largest absolute Gasteiger partial charge is 0.351 e. The summed E-state index contributed by atoms with van der Waals surface area (Å²) in [6.07, 6.45) is 0. The Balaban J connectivity index is 2.94. The van der Waals surface area contributed by atoms with Crippen LogP contribution in [0, 0.1) is 10.1 Å². The first-order valence-electron chi connectivity index (χ1n) is 3.97. The molecule has 1 rings (SSSR count). The molecule has 0 bridgehead atoms. The maximum atomic E-state index is 10.7. The molecule has 0 radical (unpaired) electrons. The molecule has 6 nitrogen and oxygen atoms in total. The summed E-state index contributed by atoms with van der Waals surface area (Å²) in [5.41, 5.74) is 4.96. The molecule has 0 spiro atoms. The lowest BCUT2D eigenvalue weighted by Gasteiger charge is -2.11. The van der Waals surface area contributed by atoms with Gasteiger partial charge in [-0.15, -0.1) is 0 Å². The lowest BCUT2D eigenvalue weighted by molar-refractivity contribution is -0.387. The maximum absolute atomic E-state index is 10.7. The fourth-order valence-electron chi connectivity index (χ4n) is 0.878. The van der Waals surface area contributed by atoms with Gasteiger partial charge in [0.25, 0.3) is 5.69 Å². The van der Waals surface area contributed by atoms with Crippen LogP contribution in [0.3, 0.4) is 0 Å². The summed E-state index contributed by atoms with van der Waals surface area (Å²) in [7, 11) is 1.45. The fourth-order valence-corrected chi connectivity index (χ4v) is 1.64. The minimum atomic E-state index is -0.654. The van der Waals surface area contributed by atoms with Crippen LogP contribution in [0.1, 0.15) is 0 Å². The van der Waals surface area contributed by atoms with Crippen molar-refractivity contribution in [2.75, 3.05) is 7.05 Å². The maximum Gasteiger partial charge on any atom is 0.324 e. The fraction of sp³-hybridized carbons (Fsp3) is 0.125. The van der Waals surface area contributed by atoms with Crippen LogP contribution in [-0.2, 0) is 0 Å². The summed E-state index contributed by atoms with van der Waals surface area (Å²) in [5, 5.41) is 10.6. The van der Waals surface area contributed by atoms with Crippen LogP contribution in [0.5, 0.6) is 0 Å². The van der Waals surface area contributed by atoms with Crippen LogP contribution in [-0.4, -0.2) is 22.3 Å². The van der Waals surface area contributed by atoms with Crippen LogP contribution in [0.15, 0.2) is 29.2 Å². The topological polar surface area (TPSA) is 89.5 Å². The highest BCUT2D eigenvalue weighted by Crippen LogP contribution is 2.29. The summed E-state index contributed by atoms with van der Waals surface area (Å²) in [4.78, 5) is 21.2. The number of carbonyl (C=O) groups is 1. The van der Waals surface area contributed by atoms with E-state index in [0.717, 1.165) is 16.3 Å². The summed E-state index contributed by atoms with van der Waals surface area (Å²) in [6.45, 7) is 0. The third-order valence-electron chi connectivity index (χ3n) is 1.61. The van der Waals surface area contributed by atoms with Crippen molar-refractivity contribution in [3.05, 3.63) is 34.4 Å². The summed E-state index contributed by atoms with van der Waals surface area (Å²) >= 11 is 0.924. The van der Waals surface area contributed by atoms with E-state index in [4.69, 9.17) is 5.73 Å². The van der Waals surface area contributed by atoms with Gasteiger partial charge in [0.15, 0.2) is 0 Å². The lowest BCUT2D eigenvalue weighted by atomic mass is 10.3. The highest BCUT2D eigenvalue weighted by molar-refractivity contribution is 7.97. The van der Waals surface area contributed by atoms with Gasteiger partial charge in [0.2, 0.25) is 0 Å². The number of rotatable bonds is 3. The van der Waals surface area contributed by atoms with Crippen molar-refractivity contribution in [3.63, 3.8) is 0 Å². The van der Waals surface area contributed by atoms with E-state index in [9.17, 15) is 14.9 Å². The van der Waals surface area contributed by atoms with E-state index in [-0.39, 0.29) is 5.69 Å². The smallest absolute Gasteiger partial charge is 0.324 e. The Labute approximate surface area is 90.3 Å². The minimum Gasteiger partial charge on any atom is -0.351 e. The van der Waals surface area contributed by atoms with E-state index in [1.54, 1.807) is 18.2 Å². The van der Waals surface area contributed by atoms with Gasteiger partial charge in [-0.25, -0.2) is 4.79 Å². The Morgan fingerprint density at radius 3 is 2.67 bits per heavy atom. The van der Waals surface area contributed by atoms with Gasteiger partial charge in [-0.2, -0.15) is 0 Å². The molecular weight excluding hydrogens is 218 g/mol. The Kier molecular flexibility index (Phi) is 3.51. The molecule has 0 saturated carbocycles. The summed E-state index contributed by atoms with van der Waals surface area (Å²) in [5.74, 6) is 0. The second kappa shape index (κ2) is 4.65. The molecular formula is C8H9N3O3S.